The molecule has 0 aliphatic carbocycles. The van der Waals surface area contributed by atoms with Crippen molar-refractivity contribution in [2.45, 2.75) is 13.0 Å². The van der Waals surface area contributed by atoms with Crippen LogP contribution in [0.15, 0.2) is 46.2 Å². The maximum atomic E-state index is 12.0. The molecule has 0 radical (unpaired) electrons. The Hall–Kier alpha value is -3.04. The summed E-state index contributed by atoms with van der Waals surface area (Å²) >= 11 is 7.20. The Bertz CT molecular complexity index is 1000. The zero-order chi connectivity index (χ0) is 19.4. The van der Waals surface area contributed by atoms with Crippen LogP contribution < -0.4 is 0 Å². The van der Waals surface area contributed by atoms with E-state index in [0.29, 0.717) is 11.5 Å². The molecule has 1 unspecified atom stereocenters. The SMILES string of the molecule is CC(OC(=O)/C=C/c1ccc(Cl)c([N+](=O)[O-])c1)c1nnc(-c2cccs2)o1. The summed E-state index contributed by atoms with van der Waals surface area (Å²) in [4.78, 5) is 23.1. The second-order valence-corrected chi connectivity index (χ2v) is 6.66. The van der Waals surface area contributed by atoms with Crippen LogP contribution in [-0.2, 0) is 9.53 Å². The van der Waals surface area contributed by atoms with Gasteiger partial charge < -0.3 is 9.15 Å². The third kappa shape index (κ3) is 4.57. The molecule has 1 atom stereocenters. The molecule has 0 N–H and O–H groups in total. The van der Waals surface area contributed by atoms with Gasteiger partial charge in [0, 0.05) is 12.1 Å². The second-order valence-electron chi connectivity index (χ2n) is 5.30. The predicted molar refractivity (Wildman–Crippen MR) is 99.3 cm³/mol. The van der Waals surface area contributed by atoms with Crippen LogP contribution in [0.4, 0.5) is 5.69 Å². The Morgan fingerprint density at radius 1 is 1.41 bits per heavy atom. The summed E-state index contributed by atoms with van der Waals surface area (Å²) in [5.74, 6) is -0.134. The van der Waals surface area contributed by atoms with E-state index in [4.69, 9.17) is 20.8 Å². The van der Waals surface area contributed by atoms with Crippen LogP contribution in [0.1, 0.15) is 24.5 Å². The van der Waals surface area contributed by atoms with E-state index in [1.165, 1.54) is 29.5 Å². The number of benzene rings is 1. The van der Waals surface area contributed by atoms with Gasteiger partial charge in [0.2, 0.25) is 0 Å². The first kappa shape index (κ1) is 18.7. The average molecular weight is 406 g/mol. The normalized spacial score (nSPS) is 12.2. The summed E-state index contributed by atoms with van der Waals surface area (Å²) < 4.78 is 10.7. The van der Waals surface area contributed by atoms with Gasteiger partial charge in [-0.15, -0.1) is 21.5 Å². The minimum atomic E-state index is -0.747. The molecule has 0 spiro atoms. The molecule has 0 aliphatic rings. The molecule has 0 bridgehead atoms. The highest BCUT2D eigenvalue weighted by molar-refractivity contribution is 7.13. The molecule has 0 fully saturated rings. The van der Waals surface area contributed by atoms with Gasteiger partial charge in [0.15, 0.2) is 6.10 Å². The van der Waals surface area contributed by atoms with Crippen LogP contribution in [-0.4, -0.2) is 21.1 Å². The highest BCUT2D eigenvalue weighted by Crippen LogP contribution is 2.27. The predicted octanol–water partition coefficient (Wildman–Crippen LogP) is 4.68. The number of nitrogens with zero attached hydrogens (tertiary/aromatic N) is 3. The minimum absolute atomic E-state index is 0.0197. The van der Waals surface area contributed by atoms with Crippen molar-refractivity contribution in [1.82, 2.24) is 10.2 Å². The van der Waals surface area contributed by atoms with Crippen molar-refractivity contribution in [2.75, 3.05) is 0 Å². The van der Waals surface area contributed by atoms with E-state index in [1.807, 2.05) is 17.5 Å². The van der Waals surface area contributed by atoms with E-state index in [0.717, 1.165) is 11.0 Å². The highest BCUT2D eigenvalue weighted by atomic mass is 35.5. The zero-order valence-corrected chi connectivity index (χ0v) is 15.4. The number of halogens is 1. The molecule has 3 rings (SSSR count). The topological polar surface area (TPSA) is 108 Å². The van der Waals surface area contributed by atoms with Crippen LogP contribution >= 0.6 is 22.9 Å². The Labute approximate surface area is 162 Å². The first-order chi connectivity index (χ1) is 12.9. The smallest absolute Gasteiger partial charge is 0.331 e. The van der Waals surface area contributed by atoms with Crippen molar-refractivity contribution >= 4 is 40.7 Å². The molecule has 27 heavy (non-hydrogen) atoms. The molecule has 2 heterocycles. The maximum Gasteiger partial charge on any atom is 0.331 e. The van der Waals surface area contributed by atoms with Gasteiger partial charge in [-0.2, -0.15) is 0 Å². The summed E-state index contributed by atoms with van der Waals surface area (Å²) in [6.45, 7) is 1.60. The third-order valence-corrected chi connectivity index (χ3v) is 4.57. The largest absolute Gasteiger partial charge is 0.449 e. The number of esters is 1. The zero-order valence-electron chi connectivity index (χ0n) is 13.9. The monoisotopic (exact) mass is 405 g/mol. The van der Waals surface area contributed by atoms with Crippen LogP contribution in [0.2, 0.25) is 5.02 Å². The average Bonchev–Trinajstić information content (AvgIpc) is 3.32. The molecule has 0 saturated carbocycles. The lowest BCUT2D eigenvalue weighted by Crippen LogP contribution is -2.06. The van der Waals surface area contributed by atoms with Crippen LogP contribution in [0.3, 0.4) is 0 Å². The van der Waals surface area contributed by atoms with Crippen molar-refractivity contribution in [3.05, 3.63) is 68.4 Å². The van der Waals surface area contributed by atoms with Crippen LogP contribution in [0.5, 0.6) is 0 Å². The van der Waals surface area contributed by atoms with Gasteiger partial charge >= 0.3 is 5.97 Å². The standard InChI is InChI=1S/C17H12ClN3O5S/c1-10(16-19-20-17(26-16)14-3-2-8-27-14)25-15(22)7-5-11-4-6-12(18)13(9-11)21(23)24/h2-10H,1H3/b7-5+. The number of carbonyl (C=O) groups is 1. The molecule has 0 saturated heterocycles. The van der Waals surface area contributed by atoms with Crippen molar-refractivity contribution in [1.29, 1.82) is 0 Å². The summed E-state index contributed by atoms with van der Waals surface area (Å²) in [6.07, 6.45) is 1.80. The number of carbonyl (C=O) groups excluding carboxylic acids is 1. The maximum absolute atomic E-state index is 12.0. The van der Waals surface area contributed by atoms with E-state index in [-0.39, 0.29) is 16.6 Å². The number of nitro benzene ring substituents is 1. The molecule has 0 amide bonds. The molecular weight excluding hydrogens is 394 g/mol. The fraction of sp³-hybridized carbons (Fsp3) is 0.118. The van der Waals surface area contributed by atoms with E-state index in [2.05, 4.69) is 10.2 Å². The quantitative estimate of drug-likeness (QED) is 0.253. The lowest BCUT2D eigenvalue weighted by Gasteiger charge is -2.06. The summed E-state index contributed by atoms with van der Waals surface area (Å²) in [5.41, 5.74) is 0.195. The Balaban J connectivity index is 1.64. The fourth-order valence-corrected chi connectivity index (χ4v) is 2.93. The first-order valence-electron chi connectivity index (χ1n) is 7.64. The molecule has 8 nitrogen and oxygen atoms in total. The number of nitro groups is 1. The molecule has 0 aliphatic heterocycles. The Morgan fingerprint density at radius 3 is 2.93 bits per heavy atom. The van der Waals surface area contributed by atoms with Gasteiger partial charge in [-0.3, -0.25) is 10.1 Å². The number of rotatable bonds is 6. The fourth-order valence-electron chi connectivity index (χ4n) is 2.10. The minimum Gasteiger partial charge on any atom is -0.449 e. The molecule has 1 aromatic carbocycles. The van der Waals surface area contributed by atoms with E-state index < -0.39 is 17.0 Å². The van der Waals surface area contributed by atoms with Gasteiger partial charge in [0.25, 0.3) is 17.5 Å². The van der Waals surface area contributed by atoms with Crippen LogP contribution in [0, 0.1) is 10.1 Å². The lowest BCUT2D eigenvalue weighted by atomic mass is 10.2. The van der Waals surface area contributed by atoms with Crippen molar-refractivity contribution in [3.8, 4) is 10.8 Å². The van der Waals surface area contributed by atoms with Gasteiger partial charge in [-0.25, -0.2) is 4.79 Å². The molecule has 10 heteroatoms. The Kier molecular flexibility index (Phi) is 5.63. The van der Waals surface area contributed by atoms with Crippen molar-refractivity contribution < 1.29 is 18.9 Å². The number of hydrogen-bond acceptors (Lipinski definition) is 8. The van der Waals surface area contributed by atoms with Gasteiger partial charge in [0.1, 0.15) is 5.02 Å². The third-order valence-electron chi connectivity index (χ3n) is 3.39. The van der Waals surface area contributed by atoms with Crippen molar-refractivity contribution in [3.63, 3.8) is 0 Å². The first-order valence-corrected chi connectivity index (χ1v) is 8.89. The van der Waals surface area contributed by atoms with Gasteiger partial charge in [-0.1, -0.05) is 23.7 Å². The van der Waals surface area contributed by atoms with Gasteiger partial charge in [-0.05, 0) is 36.1 Å². The number of thiophene rings is 1. The number of hydrogen-bond donors (Lipinski definition) is 0. The summed E-state index contributed by atoms with van der Waals surface area (Å²) in [7, 11) is 0. The van der Waals surface area contributed by atoms with E-state index in [9.17, 15) is 14.9 Å². The molecule has 3 aromatic rings. The summed E-state index contributed by atoms with van der Waals surface area (Å²) in [6, 6.07) is 7.90. The van der Waals surface area contributed by atoms with E-state index in [1.54, 1.807) is 13.0 Å². The van der Waals surface area contributed by atoms with Crippen molar-refractivity contribution in [2.24, 2.45) is 0 Å². The van der Waals surface area contributed by atoms with Crippen LogP contribution in [0.25, 0.3) is 16.8 Å². The second kappa shape index (κ2) is 8.11. The molecular formula is C17H12ClN3O5S. The lowest BCUT2D eigenvalue weighted by molar-refractivity contribution is -0.384. The van der Waals surface area contributed by atoms with Gasteiger partial charge in [0.05, 0.1) is 9.80 Å². The molecule has 2 aromatic heterocycles. The number of aromatic nitrogens is 2. The Morgan fingerprint density at radius 2 is 2.22 bits per heavy atom. The highest BCUT2D eigenvalue weighted by Gasteiger charge is 2.18. The number of ether oxygens (including phenoxy) is 1. The van der Waals surface area contributed by atoms with E-state index >= 15 is 0 Å². The summed E-state index contributed by atoms with van der Waals surface area (Å²) in [5, 5.41) is 20.6. The molecule has 138 valence electrons.